The number of aromatic nitrogens is 2. The van der Waals surface area contributed by atoms with E-state index in [-0.39, 0.29) is 10.7 Å². The van der Waals surface area contributed by atoms with Crippen LogP contribution in [0.3, 0.4) is 0 Å². The number of benzene rings is 1. The Kier molecular flexibility index (Phi) is 2.69. The van der Waals surface area contributed by atoms with Crippen LogP contribution in [0.25, 0.3) is 10.9 Å². The van der Waals surface area contributed by atoms with Crippen LogP contribution < -0.4 is 5.56 Å². The molecule has 5 nitrogen and oxygen atoms in total. The molecule has 1 aromatic carbocycles. The number of halogens is 2. The van der Waals surface area contributed by atoms with Crippen molar-refractivity contribution in [3.05, 3.63) is 38.3 Å². The Morgan fingerprint density at radius 3 is 2.81 bits per heavy atom. The first-order valence-electron chi connectivity index (χ1n) is 4.12. The fourth-order valence-corrected chi connectivity index (χ4v) is 1.90. The molecule has 0 aliphatic rings. The van der Waals surface area contributed by atoms with Gasteiger partial charge in [0.05, 0.1) is 10.9 Å². The fourth-order valence-electron chi connectivity index (χ4n) is 1.30. The summed E-state index contributed by atoms with van der Waals surface area (Å²) in [5, 5.41) is 8.63. The third-order valence-electron chi connectivity index (χ3n) is 1.98. The average Bonchev–Trinajstić information content (AvgIpc) is 2.19. The second-order valence-electron chi connectivity index (χ2n) is 2.97. The van der Waals surface area contributed by atoms with Crippen LogP contribution in [-0.2, 0) is 0 Å². The number of carbonyl (C=O) groups is 1. The molecule has 0 saturated heterocycles. The van der Waals surface area contributed by atoms with Crippen LogP contribution in [0, 0.1) is 0 Å². The van der Waals surface area contributed by atoms with Gasteiger partial charge >= 0.3 is 6.09 Å². The Morgan fingerprint density at radius 1 is 1.50 bits per heavy atom. The van der Waals surface area contributed by atoms with Gasteiger partial charge in [0.15, 0.2) is 0 Å². The van der Waals surface area contributed by atoms with Crippen LogP contribution in [0.4, 0.5) is 4.79 Å². The Balaban J connectivity index is 2.96. The van der Waals surface area contributed by atoms with E-state index in [2.05, 4.69) is 20.9 Å². The minimum absolute atomic E-state index is 0.196. The van der Waals surface area contributed by atoms with Gasteiger partial charge in [-0.1, -0.05) is 15.9 Å². The smallest absolute Gasteiger partial charge is 0.421 e. The van der Waals surface area contributed by atoms with E-state index in [1.54, 1.807) is 12.1 Å². The van der Waals surface area contributed by atoms with E-state index >= 15 is 0 Å². The highest BCUT2D eigenvalue weighted by molar-refractivity contribution is 9.10. The van der Waals surface area contributed by atoms with Crippen molar-refractivity contribution in [1.82, 2.24) is 9.55 Å². The molecular formula is C9H4BrClN2O3. The summed E-state index contributed by atoms with van der Waals surface area (Å²) in [5.41, 5.74) is -0.348. The van der Waals surface area contributed by atoms with Crippen molar-refractivity contribution in [1.29, 1.82) is 0 Å². The highest BCUT2D eigenvalue weighted by Gasteiger charge is 2.14. The average molecular weight is 303 g/mol. The summed E-state index contributed by atoms with van der Waals surface area (Å²) in [4.78, 5) is 26.4. The van der Waals surface area contributed by atoms with Gasteiger partial charge < -0.3 is 5.11 Å². The van der Waals surface area contributed by atoms with Gasteiger partial charge in [-0.15, -0.1) is 0 Å². The molecule has 2 aromatic rings. The van der Waals surface area contributed by atoms with E-state index in [9.17, 15) is 9.59 Å². The van der Waals surface area contributed by atoms with E-state index < -0.39 is 11.7 Å². The summed E-state index contributed by atoms with van der Waals surface area (Å²) in [5.74, 6) is 0. The van der Waals surface area contributed by atoms with E-state index in [1.807, 2.05) is 0 Å². The lowest BCUT2D eigenvalue weighted by Gasteiger charge is -2.03. The quantitative estimate of drug-likeness (QED) is 0.758. The van der Waals surface area contributed by atoms with Gasteiger partial charge in [0.25, 0.3) is 5.56 Å². The molecule has 0 saturated carbocycles. The summed E-state index contributed by atoms with van der Waals surface area (Å²) >= 11 is 8.79. The number of carboxylic acid groups (broad SMARTS) is 1. The van der Waals surface area contributed by atoms with Crippen molar-refractivity contribution < 1.29 is 9.90 Å². The second kappa shape index (κ2) is 3.88. The standard InChI is InChI=1S/C9H4BrClN2O3/c10-4-1-2-6-5(3-4)7(14)13(9(15)16)8(11)12-6/h1-3H,(H,15,16). The molecule has 16 heavy (non-hydrogen) atoms. The maximum Gasteiger partial charge on any atom is 0.421 e. The van der Waals surface area contributed by atoms with Gasteiger partial charge in [-0.3, -0.25) is 4.79 Å². The molecule has 0 fully saturated rings. The third-order valence-corrected chi connectivity index (χ3v) is 2.73. The Hall–Kier alpha value is -1.40. The molecule has 7 heteroatoms. The van der Waals surface area contributed by atoms with Crippen LogP contribution in [0.2, 0.25) is 5.28 Å². The van der Waals surface area contributed by atoms with Crippen LogP contribution in [0.1, 0.15) is 0 Å². The molecule has 1 N–H and O–H groups in total. The Morgan fingerprint density at radius 2 is 2.19 bits per heavy atom. The number of rotatable bonds is 0. The molecular weight excluding hydrogens is 299 g/mol. The van der Waals surface area contributed by atoms with Crippen LogP contribution in [0.5, 0.6) is 0 Å². The van der Waals surface area contributed by atoms with Gasteiger partial charge in [-0.25, -0.2) is 9.78 Å². The maximum absolute atomic E-state index is 11.8. The van der Waals surface area contributed by atoms with E-state index in [1.165, 1.54) is 6.07 Å². The molecule has 0 aliphatic heterocycles. The Bertz CT molecular complexity index is 653. The van der Waals surface area contributed by atoms with Gasteiger partial charge in [0.1, 0.15) is 0 Å². The van der Waals surface area contributed by atoms with E-state index in [0.717, 1.165) is 0 Å². The third kappa shape index (κ3) is 1.70. The van der Waals surface area contributed by atoms with Gasteiger partial charge in [0.2, 0.25) is 5.28 Å². The van der Waals surface area contributed by atoms with Crippen molar-refractivity contribution in [3.63, 3.8) is 0 Å². The predicted octanol–water partition coefficient (Wildman–Crippen LogP) is 2.34. The van der Waals surface area contributed by atoms with Crippen LogP contribution >= 0.6 is 27.5 Å². The zero-order chi connectivity index (χ0) is 11.9. The van der Waals surface area contributed by atoms with Gasteiger partial charge in [-0.05, 0) is 29.8 Å². The molecule has 1 heterocycles. The zero-order valence-corrected chi connectivity index (χ0v) is 9.99. The zero-order valence-electron chi connectivity index (χ0n) is 7.65. The molecule has 0 aliphatic carbocycles. The molecule has 0 bridgehead atoms. The number of fused-ring (bicyclic) bond motifs is 1. The lowest BCUT2D eigenvalue weighted by molar-refractivity contribution is 0.195. The summed E-state index contributed by atoms with van der Waals surface area (Å²) in [6.07, 6.45) is -1.45. The first-order valence-corrected chi connectivity index (χ1v) is 5.29. The molecule has 0 amide bonds. The fraction of sp³-hybridized carbons (Fsp3) is 0. The highest BCUT2D eigenvalue weighted by Crippen LogP contribution is 2.17. The topological polar surface area (TPSA) is 72.2 Å². The minimum Gasteiger partial charge on any atom is -0.464 e. The monoisotopic (exact) mass is 302 g/mol. The largest absolute Gasteiger partial charge is 0.464 e. The minimum atomic E-state index is -1.45. The molecule has 0 atom stereocenters. The van der Waals surface area contributed by atoms with Crippen molar-refractivity contribution in [2.45, 2.75) is 0 Å². The van der Waals surface area contributed by atoms with Gasteiger partial charge in [-0.2, -0.15) is 4.57 Å². The first-order chi connectivity index (χ1) is 7.50. The lowest BCUT2D eigenvalue weighted by Crippen LogP contribution is -2.27. The SMILES string of the molecule is O=C(O)n1c(Cl)nc2ccc(Br)cc2c1=O. The second-order valence-corrected chi connectivity index (χ2v) is 4.22. The summed E-state index contributed by atoms with van der Waals surface area (Å²) in [6, 6.07) is 4.77. The maximum atomic E-state index is 11.8. The molecule has 82 valence electrons. The number of nitrogens with zero attached hydrogens (tertiary/aromatic N) is 2. The number of hydrogen-bond donors (Lipinski definition) is 1. The first kappa shape index (κ1) is 11.1. The molecule has 0 unspecified atom stereocenters. The molecule has 2 rings (SSSR count). The predicted molar refractivity (Wildman–Crippen MR) is 62.1 cm³/mol. The van der Waals surface area contributed by atoms with Crippen LogP contribution in [0.15, 0.2) is 27.5 Å². The van der Waals surface area contributed by atoms with Crippen molar-refractivity contribution in [2.75, 3.05) is 0 Å². The molecule has 1 aromatic heterocycles. The molecule has 0 spiro atoms. The highest BCUT2D eigenvalue weighted by atomic mass is 79.9. The summed E-state index contributed by atoms with van der Waals surface area (Å²) in [7, 11) is 0. The van der Waals surface area contributed by atoms with Crippen molar-refractivity contribution >= 4 is 44.5 Å². The Labute approximate surface area is 102 Å². The summed E-state index contributed by atoms with van der Waals surface area (Å²) in [6.45, 7) is 0. The molecule has 0 radical (unpaired) electrons. The number of hydrogen-bond acceptors (Lipinski definition) is 3. The summed E-state index contributed by atoms with van der Waals surface area (Å²) < 4.78 is 1.06. The van der Waals surface area contributed by atoms with Crippen LogP contribution in [-0.4, -0.2) is 20.8 Å². The van der Waals surface area contributed by atoms with Crippen molar-refractivity contribution in [2.24, 2.45) is 0 Å². The normalized spacial score (nSPS) is 10.6. The lowest BCUT2D eigenvalue weighted by atomic mass is 10.2. The van der Waals surface area contributed by atoms with Gasteiger partial charge in [0, 0.05) is 4.47 Å². The van der Waals surface area contributed by atoms with Crippen molar-refractivity contribution in [3.8, 4) is 0 Å². The van der Waals surface area contributed by atoms with E-state index in [4.69, 9.17) is 16.7 Å². The van der Waals surface area contributed by atoms with E-state index in [0.29, 0.717) is 14.6 Å².